The fourth-order valence-electron chi connectivity index (χ4n) is 1.23. The molecule has 1 N–H and O–H groups in total. The first-order valence-electron chi connectivity index (χ1n) is 4.38. The topological polar surface area (TPSA) is 46.0 Å². The van der Waals surface area contributed by atoms with Gasteiger partial charge in [-0.05, 0) is 24.3 Å². The minimum absolute atomic E-state index is 0. The first kappa shape index (κ1) is 12.0. The molecule has 15 heavy (non-hydrogen) atoms. The van der Waals surface area contributed by atoms with Crippen LogP contribution in [0.4, 0.5) is 0 Å². The molecule has 0 atom stereocenters. The fourth-order valence-corrected chi connectivity index (χ4v) is 1.23. The van der Waals surface area contributed by atoms with Crippen molar-refractivity contribution in [2.45, 2.75) is 6.10 Å². The van der Waals surface area contributed by atoms with E-state index in [1.807, 2.05) is 24.3 Å². The van der Waals surface area contributed by atoms with E-state index in [1.54, 1.807) is 24.5 Å². The van der Waals surface area contributed by atoms with Gasteiger partial charge >= 0.3 is 0 Å². The summed E-state index contributed by atoms with van der Waals surface area (Å²) in [5, 5.41) is 9.87. The summed E-state index contributed by atoms with van der Waals surface area (Å²) >= 11 is 0. The predicted molar refractivity (Wildman–Crippen MR) is 52.5 cm³/mol. The Bertz CT molecular complexity index is 354. The molecule has 3 nitrogen and oxygen atoms in total. The summed E-state index contributed by atoms with van der Waals surface area (Å²) in [4.78, 5) is 8.13. The van der Waals surface area contributed by atoms with Crippen LogP contribution in [-0.2, 0) is 20.4 Å². The van der Waals surface area contributed by atoms with Crippen LogP contribution >= 0.6 is 0 Å². The van der Waals surface area contributed by atoms with Crippen molar-refractivity contribution in [3.8, 4) is 0 Å². The van der Waals surface area contributed by atoms with Crippen LogP contribution < -0.4 is 0 Å². The molecule has 0 aromatic carbocycles. The number of hydrogen-bond donors (Lipinski definition) is 1. The summed E-state index contributed by atoms with van der Waals surface area (Å²) in [6.45, 7) is 0. The molecule has 0 radical (unpaired) electrons. The van der Waals surface area contributed by atoms with Crippen molar-refractivity contribution in [1.82, 2.24) is 9.97 Å². The van der Waals surface area contributed by atoms with Crippen LogP contribution in [0.5, 0.6) is 0 Å². The molecule has 0 amide bonds. The van der Waals surface area contributed by atoms with E-state index in [2.05, 4.69) is 9.97 Å². The van der Waals surface area contributed by atoms with Crippen LogP contribution in [0, 0.1) is 0 Å². The normalized spacial score (nSPS) is 9.73. The molecule has 0 bridgehead atoms. The summed E-state index contributed by atoms with van der Waals surface area (Å²) in [5.74, 6) is 0. The molecular weight excluding hydrogens is 283 g/mol. The Labute approximate surface area is 102 Å². The Morgan fingerprint density at radius 3 is 1.67 bits per heavy atom. The van der Waals surface area contributed by atoms with Gasteiger partial charge in [0.15, 0.2) is 0 Å². The zero-order valence-electron chi connectivity index (χ0n) is 7.85. The second-order valence-electron chi connectivity index (χ2n) is 2.91. The van der Waals surface area contributed by atoms with E-state index < -0.39 is 6.10 Å². The quantitative estimate of drug-likeness (QED) is 0.855. The molecule has 2 heterocycles. The molecule has 0 aliphatic heterocycles. The van der Waals surface area contributed by atoms with Gasteiger partial charge in [0.25, 0.3) is 0 Å². The van der Waals surface area contributed by atoms with E-state index in [9.17, 15) is 5.11 Å². The van der Waals surface area contributed by atoms with Crippen LogP contribution in [-0.4, -0.2) is 15.1 Å². The number of aliphatic hydroxyl groups excluding tert-OH is 1. The Balaban J connectivity index is 0.00000112. The van der Waals surface area contributed by atoms with Crippen molar-refractivity contribution >= 4 is 0 Å². The molecule has 0 saturated carbocycles. The summed E-state index contributed by atoms with van der Waals surface area (Å²) in [6, 6.07) is 10.9. The summed E-state index contributed by atoms with van der Waals surface area (Å²) in [6.07, 6.45) is 2.57. The summed E-state index contributed by atoms with van der Waals surface area (Å²) < 4.78 is 0. The number of pyridine rings is 2. The molecular formula is C11H10N2OPd. The van der Waals surface area contributed by atoms with Gasteiger partial charge in [-0.3, -0.25) is 9.97 Å². The smallest absolute Gasteiger partial charge is 0.138 e. The van der Waals surface area contributed by atoms with E-state index in [0.29, 0.717) is 11.4 Å². The average Bonchev–Trinajstić information content (AvgIpc) is 2.30. The van der Waals surface area contributed by atoms with Crippen molar-refractivity contribution in [3.63, 3.8) is 0 Å². The van der Waals surface area contributed by atoms with Gasteiger partial charge in [0.1, 0.15) is 6.10 Å². The first-order chi connectivity index (χ1) is 6.88. The van der Waals surface area contributed by atoms with E-state index in [0.717, 1.165) is 0 Å². The number of aromatic nitrogens is 2. The van der Waals surface area contributed by atoms with Gasteiger partial charge in [-0.2, -0.15) is 0 Å². The zero-order valence-corrected chi connectivity index (χ0v) is 9.41. The predicted octanol–water partition coefficient (Wildman–Crippen LogP) is 1.56. The van der Waals surface area contributed by atoms with Gasteiger partial charge in [0.05, 0.1) is 11.4 Å². The van der Waals surface area contributed by atoms with Gasteiger partial charge in [-0.25, -0.2) is 0 Å². The number of rotatable bonds is 2. The van der Waals surface area contributed by atoms with Crippen molar-refractivity contribution < 1.29 is 25.5 Å². The average molecular weight is 293 g/mol. The molecule has 0 spiro atoms. The van der Waals surface area contributed by atoms with E-state index in [-0.39, 0.29) is 20.4 Å². The largest absolute Gasteiger partial charge is 0.380 e. The van der Waals surface area contributed by atoms with Crippen LogP contribution in [0.25, 0.3) is 0 Å². The third kappa shape index (κ3) is 2.93. The van der Waals surface area contributed by atoms with Gasteiger partial charge in [0.2, 0.25) is 0 Å². The third-order valence-corrected chi connectivity index (χ3v) is 1.94. The van der Waals surface area contributed by atoms with Crippen molar-refractivity contribution in [1.29, 1.82) is 0 Å². The van der Waals surface area contributed by atoms with Crippen molar-refractivity contribution in [2.24, 2.45) is 0 Å². The van der Waals surface area contributed by atoms with Crippen LogP contribution in [0.3, 0.4) is 0 Å². The Morgan fingerprint density at radius 1 is 0.867 bits per heavy atom. The molecule has 2 aromatic rings. The minimum atomic E-state index is -0.739. The maximum absolute atomic E-state index is 9.87. The Kier molecular flexibility index (Phi) is 4.57. The minimum Gasteiger partial charge on any atom is -0.380 e. The third-order valence-electron chi connectivity index (χ3n) is 1.94. The number of nitrogens with zero attached hydrogens (tertiary/aromatic N) is 2. The molecule has 0 aliphatic carbocycles. The van der Waals surface area contributed by atoms with E-state index in [4.69, 9.17) is 0 Å². The Morgan fingerprint density at radius 2 is 1.33 bits per heavy atom. The van der Waals surface area contributed by atoms with Gasteiger partial charge < -0.3 is 5.11 Å². The molecule has 2 rings (SSSR count). The second kappa shape index (κ2) is 5.72. The van der Waals surface area contributed by atoms with E-state index >= 15 is 0 Å². The Hall–Kier alpha value is -1.08. The molecule has 0 aliphatic rings. The second-order valence-corrected chi connectivity index (χ2v) is 2.91. The van der Waals surface area contributed by atoms with E-state index in [1.165, 1.54) is 0 Å². The maximum Gasteiger partial charge on any atom is 0.138 e. The molecule has 4 heteroatoms. The van der Waals surface area contributed by atoms with Crippen LogP contribution in [0.1, 0.15) is 17.5 Å². The molecule has 0 unspecified atom stereocenters. The van der Waals surface area contributed by atoms with Gasteiger partial charge in [0, 0.05) is 32.8 Å². The van der Waals surface area contributed by atoms with Crippen molar-refractivity contribution in [2.75, 3.05) is 0 Å². The van der Waals surface area contributed by atoms with Crippen LogP contribution in [0.15, 0.2) is 48.8 Å². The fraction of sp³-hybridized carbons (Fsp3) is 0.0909. The molecule has 80 valence electrons. The maximum atomic E-state index is 9.87. The summed E-state index contributed by atoms with van der Waals surface area (Å²) in [7, 11) is 0. The SMILES string of the molecule is OC(c1ccccn1)c1ccccn1.[Pd]. The molecule has 0 saturated heterocycles. The number of aliphatic hydroxyl groups is 1. The number of hydrogen-bond acceptors (Lipinski definition) is 3. The monoisotopic (exact) mass is 292 g/mol. The standard InChI is InChI=1S/C11H10N2O.Pd/c14-11(9-5-1-3-7-12-9)10-6-2-4-8-13-10;/h1-8,11,14H;. The van der Waals surface area contributed by atoms with Gasteiger partial charge in [-0.15, -0.1) is 0 Å². The summed E-state index contributed by atoms with van der Waals surface area (Å²) in [5.41, 5.74) is 1.23. The molecule has 2 aromatic heterocycles. The first-order valence-corrected chi connectivity index (χ1v) is 4.38. The molecule has 0 fully saturated rings. The van der Waals surface area contributed by atoms with Crippen LogP contribution in [0.2, 0.25) is 0 Å². The van der Waals surface area contributed by atoms with Crippen molar-refractivity contribution in [3.05, 3.63) is 60.2 Å². The van der Waals surface area contributed by atoms with Gasteiger partial charge in [-0.1, -0.05) is 12.1 Å². The zero-order chi connectivity index (χ0) is 9.80.